The zero-order valence-corrected chi connectivity index (χ0v) is 16.9. The van der Waals surface area contributed by atoms with Crippen molar-refractivity contribution in [3.8, 4) is 16.9 Å². The minimum absolute atomic E-state index is 0.0726. The van der Waals surface area contributed by atoms with Gasteiger partial charge in [-0.05, 0) is 41.7 Å². The topological polar surface area (TPSA) is 108 Å². The Morgan fingerprint density at radius 1 is 1.04 bits per heavy atom. The molecule has 0 radical (unpaired) electrons. The van der Waals surface area contributed by atoms with Gasteiger partial charge in [-0.2, -0.15) is 0 Å². The minimum atomic E-state index is -3.76. The Kier molecular flexibility index (Phi) is 7.98. The molecule has 0 amide bonds. The van der Waals surface area contributed by atoms with Crippen LogP contribution in [0.3, 0.4) is 0 Å². The van der Waals surface area contributed by atoms with Crippen molar-refractivity contribution in [3.63, 3.8) is 0 Å². The molecular formula is C20H26N2O5S. The molecule has 2 aromatic rings. The van der Waals surface area contributed by atoms with Crippen molar-refractivity contribution in [2.45, 2.75) is 30.7 Å². The van der Waals surface area contributed by atoms with Crippen LogP contribution in [0.1, 0.15) is 24.8 Å². The first-order valence-corrected chi connectivity index (χ1v) is 10.4. The first kappa shape index (κ1) is 21.9. The number of nitrogens with one attached hydrogen (secondary N) is 1. The molecule has 28 heavy (non-hydrogen) atoms. The van der Waals surface area contributed by atoms with Gasteiger partial charge in [-0.25, -0.2) is 13.1 Å². The normalized spacial score (nSPS) is 11.2. The Hall–Kier alpha value is -2.42. The molecule has 0 aromatic heterocycles. The summed E-state index contributed by atoms with van der Waals surface area (Å²) >= 11 is 0. The molecule has 0 aliphatic rings. The molecule has 0 aliphatic carbocycles. The van der Waals surface area contributed by atoms with Crippen LogP contribution in [0.2, 0.25) is 0 Å². The second kappa shape index (κ2) is 10.2. The zero-order valence-electron chi connectivity index (χ0n) is 16.1. The average molecular weight is 407 g/mol. The van der Waals surface area contributed by atoms with E-state index >= 15 is 0 Å². The highest BCUT2D eigenvalue weighted by Crippen LogP contribution is 2.30. The number of esters is 1. The second-order valence-corrected chi connectivity index (χ2v) is 7.93. The third kappa shape index (κ3) is 5.79. The van der Waals surface area contributed by atoms with Crippen molar-refractivity contribution >= 4 is 16.0 Å². The number of methoxy groups -OCH3 is 2. The number of carbonyl (C=O) groups is 1. The van der Waals surface area contributed by atoms with Gasteiger partial charge in [-0.3, -0.25) is 4.79 Å². The van der Waals surface area contributed by atoms with E-state index in [1.807, 2.05) is 30.3 Å². The van der Waals surface area contributed by atoms with E-state index in [1.165, 1.54) is 14.2 Å². The molecule has 0 spiro atoms. The van der Waals surface area contributed by atoms with E-state index in [1.54, 1.807) is 12.1 Å². The SMILES string of the molecule is COC(=O)CCCCNS(=O)(=O)c1cc(-c2ccc(CN)cc2)ccc1OC. The van der Waals surface area contributed by atoms with Crippen LogP contribution in [0.4, 0.5) is 0 Å². The number of unbranched alkanes of at least 4 members (excludes halogenated alkanes) is 1. The van der Waals surface area contributed by atoms with Crippen molar-refractivity contribution in [1.29, 1.82) is 0 Å². The Balaban J connectivity index is 2.16. The van der Waals surface area contributed by atoms with Gasteiger partial charge in [0.25, 0.3) is 0 Å². The smallest absolute Gasteiger partial charge is 0.305 e. The molecule has 0 aliphatic heterocycles. The molecule has 0 fully saturated rings. The largest absolute Gasteiger partial charge is 0.495 e. The molecule has 0 heterocycles. The Morgan fingerprint density at radius 3 is 2.32 bits per heavy atom. The van der Waals surface area contributed by atoms with Gasteiger partial charge in [-0.1, -0.05) is 30.3 Å². The predicted octanol–water partition coefficient (Wildman–Crippen LogP) is 2.44. The van der Waals surface area contributed by atoms with Crippen LogP contribution in [-0.2, 0) is 26.1 Å². The van der Waals surface area contributed by atoms with Crippen LogP contribution < -0.4 is 15.2 Å². The summed E-state index contributed by atoms with van der Waals surface area (Å²) in [5.74, 6) is -0.0396. The summed E-state index contributed by atoms with van der Waals surface area (Å²) < 4.78 is 37.9. The molecule has 0 saturated carbocycles. The van der Waals surface area contributed by atoms with E-state index in [0.717, 1.165) is 16.7 Å². The van der Waals surface area contributed by atoms with E-state index in [9.17, 15) is 13.2 Å². The quantitative estimate of drug-likeness (QED) is 0.463. The van der Waals surface area contributed by atoms with Gasteiger partial charge in [0.1, 0.15) is 10.6 Å². The van der Waals surface area contributed by atoms with Crippen LogP contribution in [0.5, 0.6) is 5.75 Å². The minimum Gasteiger partial charge on any atom is -0.495 e. The Bertz CT molecular complexity index is 895. The summed E-state index contributed by atoms with van der Waals surface area (Å²) in [5, 5.41) is 0. The summed E-state index contributed by atoms with van der Waals surface area (Å²) in [4.78, 5) is 11.2. The van der Waals surface area contributed by atoms with Crippen LogP contribution in [0, 0.1) is 0 Å². The molecule has 8 heteroatoms. The number of nitrogens with two attached hydrogens (primary N) is 1. The number of sulfonamides is 1. The third-order valence-electron chi connectivity index (χ3n) is 4.30. The van der Waals surface area contributed by atoms with Crippen LogP contribution >= 0.6 is 0 Å². The first-order valence-electron chi connectivity index (χ1n) is 8.95. The highest BCUT2D eigenvalue weighted by atomic mass is 32.2. The van der Waals surface area contributed by atoms with Crippen molar-refractivity contribution in [2.24, 2.45) is 5.73 Å². The van der Waals surface area contributed by atoms with Crippen LogP contribution in [0.25, 0.3) is 11.1 Å². The molecule has 7 nitrogen and oxygen atoms in total. The lowest BCUT2D eigenvalue weighted by molar-refractivity contribution is -0.140. The molecule has 0 unspecified atom stereocenters. The number of benzene rings is 2. The van der Waals surface area contributed by atoms with Crippen molar-refractivity contribution < 1.29 is 22.7 Å². The van der Waals surface area contributed by atoms with Gasteiger partial charge in [0.15, 0.2) is 0 Å². The number of carbonyl (C=O) groups excluding carboxylic acids is 1. The second-order valence-electron chi connectivity index (χ2n) is 6.20. The molecule has 2 rings (SSSR count). The number of hydrogen-bond donors (Lipinski definition) is 2. The highest BCUT2D eigenvalue weighted by Gasteiger charge is 2.20. The molecule has 0 atom stereocenters. The fraction of sp³-hybridized carbons (Fsp3) is 0.350. The van der Waals surface area contributed by atoms with E-state index < -0.39 is 10.0 Å². The first-order chi connectivity index (χ1) is 13.4. The standard InChI is InChI=1S/C20H26N2O5S/c1-26-18-11-10-17(16-8-6-15(14-21)7-9-16)13-19(18)28(24,25)22-12-4-3-5-20(23)27-2/h6-11,13,22H,3-5,12,14,21H2,1-2H3. The average Bonchev–Trinajstić information content (AvgIpc) is 2.72. The maximum atomic E-state index is 12.7. The van der Waals surface area contributed by atoms with Crippen LogP contribution in [0.15, 0.2) is 47.4 Å². The van der Waals surface area contributed by atoms with Gasteiger partial charge < -0.3 is 15.2 Å². The highest BCUT2D eigenvalue weighted by molar-refractivity contribution is 7.89. The summed E-state index contributed by atoms with van der Waals surface area (Å²) in [6, 6.07) is 12.7. The molecule has 152 valence electrons. The Morgan fingerprint density at radius 2 is 1.71 bits per heavy atom. The van der Waals surface area contributed by atoms with Crippen molar-refractivity contribution in [3.05, 3.63) is 48.0 Å². The predicted molar refractivity (Wildman–Crippen MR) is 107 cm³/mol. The fourth-order valence-corrected chi connectivity index (χ4v) is 3.95. The zero-order chi connectivity index (χ0) is 20.6. The van der Waals surface area contributed by atoms with Gasteiger partial charge in [-0.15, -0.1) is 0 Å². The van der Waals surface area contributed by atoms with Crippen molar-refractivity contribution in [1.82, 2.24) is 4.72 Å². The van der Waals surface area contributed by atoms with E-state index in [4.69, 9.17) is 10.5 Å². The van der Waals surface area contributed by atoms with E-state index in [2.05, 4.69) is 9.46 Å². The molecular weight excluding hydrogens is 380 g/mol. The lowest BCUT2D eigenvalue weighted by Gasteiger charge is -2.13. The monoisotopic (exact) mass is 406 g/mol. The fourth-order valence-electron chi connectivity index (χ4n) is 2.68. The van der Waals surface area contributed by atoms with Gasteiger partial charge in [0.2, 0.25) is 10.0 Å². The summed E-state index contributed by atoms with van der Waals surface area (Å²) in [6.07, 6.45) is 1.33. The molecule has 0 bridgehead atoms. The molecule has 0 saturated heterocycles. The molecule has 3 N–H and O–H groups in total. The summed E-state index contributed by atoms with van der Waals surface area (Å²) in [6.45, 7) is 0.667. The van der Waals surface area contributed by atoms with Crippen molar-refractivity contribution in [2.75, 3.05) is 20.8 Å². The van der Waals surface area contributed by atoms with Gasteiger partial charge >= 0.3 is 5.97 Å². The molecule has 2 aromatic carbocycles. The lowest BCUT2D eigenvalue weighted by Crippen LogP contribution is -2.25. The summed E-state index contributed by atoms with van der Waals surface area (Å²) in [5.41, 5.74) is 8.26. The van der Waals surface area contributed by atoms with E-state index in [0.29, 0.717) is 19.4 Å². The number of rotatable bonds is 10. The third-order valence-corrected chi connectivity index (χ3v) is 5.79. The maximum Gasteiger partial charge on any atom is 0.305 e. The number of ether oxygens (including phenoxy) is 2. The lowest BCUT2D eigenvalue weighted by atomic mass is 10.0. The van der Waals surface area contributed by atoms with Gasteiger partial charge in [0.05, 0.1) is 14.2 Å². The van der Waals surface area contributed by atoms with Gasteiger partial charge in [0, 0.05) is 19.5 Å². The number of hydrogen-bond acceptors (Lipinski definition) is 6. The summed E-state index contributed by atoms with van der Waals surface area (Å²) in [7, 11) is -1.01. The Labute approximate surface area is 165 Å². The maximum absolute atomic E-state index is 12.7. The van der Waals surface area contributed by atoms with Crippen LogP contribution in [-0.4, -0.2) is 35.2 Å². The van der Waals surface area contributed by atoms with E-state index in [-0.39, 0.29) is 29.6 Å².